The number of nitrogens with one attached hydrogen (secondary N) is 2. The summed E-state index contributed by atoms with van der Waals surface area (Å²) in [5.41, 5.74) is 0. The van der Waals surface area contributed by atoms with Crippen molar-refractivity contribution in [1.29, 1.82) is 0 Å². The number of carbonyl (C=O) groups excluding carboxylic acids is 1. The molecule has 0 radical (unpaired) electrons. The molecule has 1 heterocycles. The molecule has 1 amide bonds. The lowest BCUT2D eigenvalue weighted by Crippen LogP contribution is -2.53. The van der Waals surface area contributed by atoms with Crippen LogP contribution in [0.1, 0.15) is 27.2 Å². The molecule has 0 bridgehead atoms. The Balaban J connectivity index is 2.29. The van der Waals surface area contributed by atoms with Gasteiger partial charge in [0, 0.05) is 31.7 Å². The quantitative estimate of drug-likeness (QED) is 0.701. The van der Waals surface area contributed by atoms with Crippen molar-refractivity contribution in [2.24, 2.45) is 0 Å². The Morgan fingerprint density at radius 1 is 1.67 bits per heavy atom. The van der Waals surface area contributed by atoms with Gasteiger partial charge in [-0.3, -0.25) is 9.69 Å². The average Bonchev–Trinajstić information content (AvgIpc) is 2.21. The number of nitrogens with zero attached hydrogens (tertiary/aromatic N) is 1. The van der Waals surface area contributed by atoms with E-state index in [1.807, 2.05) is 6.92 Å². The first-order valence-corrected chi connectivity index (χ1v) is 5.87. The van der Waals surface area contributed by atoms with E-state index in [1.165, 1.54) is 0 Å². The molecule has 1 aliphatic rings. The van der Waals surface area contributed by atoms with Gasteiger partial charge in [-0.25, -0.2) is 0 Å². The summed E-state index contributed by atoms with van der Waals surface area (Å²) in [6.45, 7) is 9.75. The van der Waals surface area contributed by atoms with Crippen LogP contribution in [0.15, 0.2) is 0 Å². The zero-order valence-electron chi connectivity index (χ0n) is 10.0. The molecule has 1 aliphatic heterocycles. The largest absolute Gasteiger partial charge is 0.353 e. The van der Waals surface area contributed by atoms with E-state index >= 15 is 0 Å². The van der Waals surface area contributed by atoms with Crippen molar-refractivity contribution in [3.8, 4) is 0 Å². The second kappa shape index (κ2) is 6.08. The number of piperazine rings is 1. The summed E-state index contributed by atoms with van der Waals surface area (Å²) in [6, 6.07) is 0.747. The molecule has 4 nitrogen and oxygen atoms in total. The summed E-state index contributed by atoms with van der Waals surface area (Å²) in [5.74, 6) is 0.151. The molecule has 15 heavy (non-hydrogen) atoms. The first kappa shape index (κ1) is 12.5. The molecule has 0 saturated carbocycles. The van der Waals surface area contributed by atoms with E-state index in [-0.39, 0.29) is 11.9 Å². The molecular formula is C11H23N3O. The summed E-state index contributed by atoms with van der Waals surface area (Å²) < 4.78 is 0. The number of carbonyl (C=O) groups is 1. The molecule has 4 heteroatoms. The van der Waals surface area contributed by atoms with Gasteiger partial charge in [-0.2, -0.15) is 0 Å². The highest BCUT2D eigenvalue weighted by atomic mass is 16.2. The predicted octanol–water partition coefficient (Wildman–Crippen LogP) is 0.195. The Morgan fingerprint density at radius 3 is 3.00 bits per heavy atom. The molecule has 88 valence electrons. The normalized spacial score (nSPS) is 24.9. The van der Waals surface area contributed by atoms with Crippen molar-refractivity contribution < 1.29 is 4.79 Å². The third-order valence-corrected chi connectivity index (χ3v) is 3.01. The zero-order valence-corrected chi connectivity index (χ0v) is 10.0. The van der Waals surface area contributed by atoms with Crippen LogP contribution in [0, 0.1) is 0 Å². The third-order valence-electron chi connectivity index (χ3n) is 3.01. The Morgan fingerprint density at radius 2 is 2.40 bits per heavy atom. The standard InChI is InChI=1S/C11H23N3O/c1-4-9(2)13-11(15)8-14-6-5-12-7-10(14)3/h9-10,12H,4-8H2,1-3H3,(H,13,15)/t9?,10-/m1/s1. The van der Waals surface area contributed by atoms with Crippen molar-refractivity contribution in [1.82, 2.24) is 15.5 Å². The molecule has 0 spiro atoms. The predicted molar refractivity (Wildman–Crippen MR) is 61.8 cm³/mol. The second-order valence-corrected chi connectivity index (χ2v) is 4.40. The fourth-order valence-electron chi connectivity index (χ4n) is 1.72. The Kier molecular flexibility index (Phi) is 5.05. The van der Waals surface area contributed by atoms with Gasteiger partial charge in [-0.1, -0.05) is 6.92 Å². The summed E-state index contributed by atoms with van der Waals surface area (Å²) >= 11 is 0. The lowest BCUT2D eigenvalue weighted by molar-refractivity contribution is -0.123. The Bertz CT molecular complexity index is 208. The summed E-state index contributed by atoms with van der Waals surface area (Å²) in [7, 11) is 0. The SMILES string of the molecule is CCC(C)NC(=O)CN1CCNC[C@H]1C. The lowest BCUT2D eigenvalue weighted by atomic mass is 10.2. The Hall–Kier alpha value is -0.610. The minimum Gasteiger partial charge on any atom is -0.353 e. The maximum atomic E-state index is 11.7. The van der Waals surface area contributed by atoms with Gasteiger partial charge in [0.05, 0.1) is 6.54 Å². The average molecular weight is 213 g/mol. The minimum atomic E-state index is 0.151. The lowest BCUT2D eigenvalue weighted by Gasteiger charge is -2.33. The van der Waals surface area contributed by atoms with Crippen LogP contribution in [-0.2, 0) is 4.79 Å². The van der Waals surface area contributed by atoms with Gasteiger partial charge < -0.3 is 10.6 Å². The highest BCUT2D eigenvalue weighted by Gasteiger charge is 2.20. The number of hydrogen-bond donors (Lipinski definition) is 2. The van der Waals surface area contributed by atoms with Crippen LogP contribution >= 0.6 is 0 Å². The van der Waals surface area contributed by atoms with Gasteiger partial charge in [0.15, 0.2) is 0 Å². The number of rotatable bonds is 4. The van der Waals surface area contributed by atoms with Gasteiger partial charge in [-0.15, -0.1) is 0 Å². The van der Waals surface area contributed by atoms with Crippen LogP contribution < -0.4 is 10.6 Å². The van der Waals surface area contributed by atoms with E-state index < -0.39 is 0 Å². The fraction of sp³-hybridized carbons (Fsp3) is 0.909. The highest BCUT2D eigenvalue weighted by Crippen LogP contribution is 2.01. The minimum absolute atomic E-state index is 0.151. The van der Waals surface area contributed by atoms with E-state index in [9.17, 15) is 4.79 Å². The molecule has 2 N–H and O–H groups in total. The van der Waals surface area contributed by atoms with E-state index in [0.29, 0.717) is 12.6 Å². The third kappa shape index (κ3) is 4.18. The summed E-state index contributed by atoms with van der Waals surface area (Å²) in [5, 5.41) is 6.31. The van der Waals surface area contributed by atoms with Crippen LogP contribution in [-0.4, -0.2) is 49.1 Å². The monoisotopic (exact) mass is 213 g/mol. The van der Waals surface area contributed by atoms with Crippen LogP contribution in [0.2, 0.25) is 0 Å². The van der Waals surface area contributed by atoms with Crippen molar-refractivity contribution in [3.63, 3.8) is 0 Å². The zero-order chi connectivity index (χ0) is 11.3. The van der Waals surface area contributed by atoms with E-state index in [1.54, 1.807) is 0 Å². The van der Waals surface area contributed by atoms with Crippen molar-refractivity contribution in [2.75, 3.05) is 26.2 Å². The van der Waals surface area contributed by atoms with Crippen molar-refractivity contribution >= 4 is 5.91 Å². The van der Waals surface area contributed by atoms with Crippen LogP contribution in [0.5, 0.6) is 0 Å². The van der Waals surface area contributed by atoms with Gasteiger partial charge >= 0.3 is 0 Å². The van der Waals surface area contributed by atoms with E-state index in [2.05, 4.69) is 29.4 Å². The van der Waals surface area contributed by atoms with Crippen molar-refractivity contribution in [3.05, 3.63) is 0 Å². The maximum Gasteiger partial charge on any atom is 0.234 e. The Labute approximate surface area is 92.4 Å². The van der Waals surface area contributed by atoms with Gasteiger partial charge in [0.2, 0.25) is 5.91 Å². The number of hydrogen-bond acceptors (Lipinski definition) is 3. The highest BCUT2D eigenvalue weighted by molar-refractivity contribution is 5.78. The first-order valence-electron chi connectivity index (χ1n) is 5.87. The van der Waals surface area contributed by atoms with Crippen LogP contribution in [0.4, 0.5) is 0 Å². The smallest absolute Gasteiger partial charge is 0.234 e. The fourth-order valence-corrected chi connectivity index (χ4v) is 1.72. The van der Waals surface area contributed by atoms with Crippen molar-refractivity contribution in [2.45, 2.75) is 39.3 Å². The van der Waals surface area contributed by atoms with Crippen LogP contribution in [0.3, 0.4) is 0 Å². The molecule has 2 atom stereocenters. The molecule has 0 aromatic carbocycles. The van der Waals surface area contributed by atoms with Crippen LogP contribution in [0.25, 0.3) is 0 Å². The molecule has 1 saturated heterocycles. The molecule has 1 fully saturated rings. The number of amides is 1. The van der Waals surface area contributed by atoms with Gasteiger partial charge in [0.25, 0.3) is 0 Å². The molecule has 1 unspecified atom stereocenters. The molecule has 0 aromatic heterocycles. The topological polar surface area (TPSA) is 44.4 Å². The molecular weight excluding hydrogens is 190 g/mol. The van der Waals surface area contributed by atoms with E-state index in [4.69, 9.17) is 0 Å². The first-order chi connectivity index (χ1) is 7.13. The summed E-state index contributed by atoms with van der Waals surface area (Å²) in [4.78, 5) is 13.9. The second-order valence-electron chi connectivity index (χ2n) is 4.40. The molecule has 0 aromatic rings. The van der Waals surface area contributed by atoms with E-state index in [0.717, 1.165) is 26.1 Å². The molecule has 0 aliphatic carbocycles. The maximum absolute atomic E-state index is 11.7. The van der Waals surface area contributed by atoms with Gasteiger partial charge in [0.1, 0.15) is 0 Å². The van der Waals surface area contributed by atoms with Gasteiger partial charge in [-0.05, 0) is 20.3 Å². The molecule has 1 rings (SSSR count). The summed E-state index contributed by atoms with van der Waals surface area (Å²) in [6.07, 6.45) is 0.989.